The minimum atomic E-state index is -2.35. The number of anilines is 1. The minimum absolute atomic E-state index is 0.0459. The first-order valence-electron chi connectivity index (χ1n) is 18.6. The average molecular weight is 803 g/mol. The summed E-state index contributed by atoms with van der Waals surface area (Å²) in [5.74, 6) is -12.7. The number of nitro benzene ring substituents is 1. The number of piperazine rings is 1. The number of benzene rings is 5. The molecule has 2 N–H and O–H groups in total. The van der Waals surface area contributed by atoms with Gasteiger partial charge < -0.3 is 24.8 Å². The van der Waals surface area contributed by atoms with Crippen molar-refractivity contribution in [3.05, 3.63) is 164 Å². The van der Waals surface area contributed by atoms with Gasteiger partial charge in [-0.25, -0.2) is 22.0 Å². The maximum Gasteiger partial charge on any atom is 0.269 e. The second-order valence-electron chi connectivity index (χ2n) is 14.3. The molecule has 0 spiro atoms. The highest BCUT2D eigenvalue weighted by molar-refractivity contribution is 5.95. The van der Waals surface area contributed by atoms with Gasteiger partial charge >= 0.3 is 0 Å². The summed E-state index contributed by atoms with van der Waals surface area (Å²) in [6, 6.07) is 28.4. The van der Waals surface area contributed by atoms with Crippen molar-refractivity contribution in [3.63, 3.8) is 0 Å². The second-order valence-corrected chi connectivity index (χ2v) is 14.3. The van der Waals surface area contributed by atoms with Gasteiger partial charge in [0.25, 0.3) is 11.6 Å². The Bertz CT molecular complexity index is 2240. The largest absolute Gasteiger partial charge is 0.392 e. The molecule has 0 unspecified atom stereocenters. The summed E-state index contributed by atoms with van der Waals surface area (Å²) in [6.45, 7) is 5.31. The molecule has 0 radical (unpaired) electrons. The lowest BCUT2D eigenvalue weighted by atomic mass is 9.89. The van der Waals surface area contributed by atoms with E-state index in [0.29, 0.717) is 23.2 Å². The van der Waals surface area contributed by atoms with Gasteiger partial charge in [-0.05, 0) is 39.9 Å². The van der Waals surface area contributed by atoms with Gasteiger partial charge in [0.1, 0.15) is 5.56 Å². The van der Waals surface area contributed by atoms with E-state index in [1.807, 2.05) is 48.5 Å². The number of hydrogen-bond donors (Lipinski definition) is 2. The molecule has 2 aliphatic heterocycles. The lowest BCUT2D eigenvalue weighted by Crippen LogP contribution is -2.51. The quantitative estimate of drug-likeness (QED) is 0.0454. The molecule has 10 nitrogen and oxygen atoms in total. The predicted molar refractivity (Wildman–Crippen MR) is 204 cm³/mol. The van der Waals surface area contributed by atoms with Crippen LogP contribution in [-0.4, -0.2) is 59.7 Å². The van der Waals surface area contributed by atoms with E-state index in [9.17, 15) is 42.0 Å². The highest BCUT2D eigenvalue weighted by atomic mass is 19.2. The van der Waals surface area contributed by atoms with E-state index in [0.717, 1.165) is 48.6 Å². The number of nitrogens with one attached hydrogen (secondary N) is 1. The molecule has 2 fully saturated rings. The predicted octanol–water partition coefficient (Wildman–Crippen LogP) is 7.99. The monoisotopic (exact) mass is 802 g/mol. The molecule has 5 aromatic rings. The van der Waals surface area contributed by atoms with Crippen molar-refractivity contribution in [2.24, 2.45) is 5.92 Å². The van der Waals surface area contributed by atoms with Crippen molar-refractivity contribution >= 4 is 17.3 Å². The first kappa shape index (κ1) is 40.5. The summed E-state index contributed by atoms with van der Waals surface area (Å²) < 4.78 is 83.0. The normalized spacial score (nSPS) is 19.9. The van der Waals surface area contributed by atoms with Crippen LogP contribution < -0.4 is 10.2 Å². The van der Waals surface area contributed by atoms with Crippen LogP contribution in [0.15, 0.2) is 97.1 Å². The zero-order valence-corrected chi connectivity index (χ0v) is 31.2. The fourth-order valence-electron chi connectivity index (χ4n) is 7.40. The number of ether oxygens (including phenoxy) is 2. The molecule has 5 aromatic carbocycles. The molecule has 302 valence electrons. The fraction of sp³-hybridized carbons (Fsp3) is 0.279. The maximum absolute atomic E-state index is 14.3. The van der Waals surface area contributed by atoms with E-state index >= 15 is 0 Å². The molecule has 2 aliphatic rings. The first-order valence-corrected chi connectivity index (χ1v) is 18.6. The molecule has 4 atom stereocenters. The van der Waals surface area contributed by atoms with Gasteiger partial charge in [0.2, 0.25) is 5.82 Å². The van der Waals surface area contributed by atoms with Crippen molar-refractivity contribution in [1.29, 1.82) is 0 Å². The van der Waals surface area contributed by atoms with Crippen LogP contribution in [0.1, 0.15) is 51.9 Å². The summed E-state index contributed by atoms with van der Waals surface area (Å²) in [7, 11) is 0. The Hall–Kier alpha value is -5.74. The molecule has 0 saturated carbocycles. The Labute approximate surface area is 330 Å². The molecular formula is C43H39F5N4O6. The van der Waals surface area contributed by atoms with Crippen molar-refractivity contribution < 1.29 is 46.3 Å². The third-order valence-electron chi connectivity index (χ3n) is 10.7. The summed E-state index contributed by atoms with van der Waals surface area (Å²) in [6.07, 6.45) is -1.34. The molecule has 58 heavy (non-hydrogen) atoms. The average Bonchev–Trinajstić information content (AvgIpc) is 3.25. The Morgan fingerprint density at radius 3 is 2.02 bits per heavy atom. The molecule has 1 amide bonds. The van der Waals surface area contributed by atoms with Gasteiger partial charge in [0.15, 0.2) is 29.6 Å². The summed E-state index contributed by atoms with van der Waals surface area (Å²) in [4.78, 5) is 27.9. The van der Waals surface area contributed by atoms with Crippen molar-refractivity contribution in [2.75, 3.05) is 37.6 Å². The van der Waals surface area contributed by atoms with Crippen molar-refractivity contribution in [1.82, 2.24) is 10.2 Å². The van der Waals surface area contributed by atoms with E-state index in [1.165, 1.54) is 12.1 Å². The Balaban J connectivity index is 1.07. The van der Waals surface area contributed by atoms with Crippen LogP contribution in [0.4, 0.5) is 33.3 Å². The Kier molecular flexibility index (Phi) is 12.1. The van der Waals surface area contributed by atoms with Gasteiger partial charge in [-0.1, -0.05) is 79.7 Å². The third-order valence-corrected chi connectivity index (χ3v) is 10.7. The number of aliphatic hydroxyl groups excluding tert-OH is 1. The van der Waals surface area contributed by atoms with Crippen LogP contribution in [0.25, 0.3) is 11.1 Å². The maximum atomic E-state index is 14.3. The number of aliphatic hydroxyl groups is 1. The summed E-state index contributed by atoms with van der Waals surface area (Å²) in [5.41, 5.74) is 3.73. The highest BCUT2D eigenvalue weighted by Gasteiger charge is 2.39. The van der Waals surface area contributed by atoms with Gasteiger partial charge in [-0.2, -0.15) is 0 Å². The Morgan fingerprint density at radius 1 is 0.793 bits per heavy atom. The van der Waals surface area contributed by atoms with E-state index in [4.69, 9.17) is 9.47 Å². The van der Waals surface area contributed by atoms with E-state index in [-0.39, 0.29) is 37.0 Å². The zero-order chi connectivity index (χ0) is 41.1. The van der Waals surface area contributed by atoms with Gasteiger partial charge in [0.05, 0.1) is 23.7 Å². The van der Waals surface area contributed by atoms with Crippen LogP contribution in [0.3, 0.4) is 0 Å². The van der Waals surface area contributed by atoms with Gasteiger partial charge in [-0.15, -0.1) is 0 Å². The Morgan fingerprint density at radius 2 is 1.40 bits per heavy atom. The van der Waals surface area contributed by atoms with Gasteiger partial charge in [-0.3, -0.25) is 19.8 Å². The number of carbonyl (C=O) groups is 1. The number of halogens is 5. The molecule has 0 bridgehead atoms. The zero-order valence-electron chi connectivity index (χ0n) is 31.2. The van der Waals surface area contributed by atoms with Crippen LogP contribution in [0.2, 0.25) is 0 Å². The van der Waals surface area contributed by atoms with Crippen LogP contribution in [0, 0.1) is 45.1 Å². The number of rotatable bonds is 11. The van der Waals surface area contributed by atoms with Crippen LogP contribution in [-0.2, 0) is 22.6 Å². The molecular weight excluding hydrogens is 763 g/mol. The number of nitrogens with zero attached hydrogens (tertiary/aromatic N) is 3. The van der Waals surface area contributed by atoms with Gasteiger partial charge in [0, 0.05) is 68.6 Å². The molecule has 2 saturated heterocycles. The standard InChI is InChI=1S/C43H39F5N4O6/c1-25-34(23-50-18-20-51(21-19-50)31-14-16-32(17-15-31)52(55)56)57-43(58-41(25)28-8-6-26(24-53)7-9-28)29-12-10-27(11-13-29)33-5-3-2-4-30(33)22-49-42(54)35-36(44)38(46)40(48)39(47)37(35)45/h2-17,25,34,41,43,53H,18-24H2,1H3,(H,49,54)/t25-,34+,41+,43+/m1/s1. The number of non-ortho nitro benzene ring substituents is 1. The highest BCUT2D eigenvalue weighted by Crippen LogP contribution is 2.42. The SMILES string of the molecule is C[C@@H]1[C@H](CN2CCN(c3ccc([N+](=O)[O-])cc3)CC2)O[C@H](c2ccc(-c3ccccc3CNC(=O)c3c(F)c(F)c(F)c(F)c3F)cc2)O[C@@H]1c1ccc(CO)cc1. The molecule has 15 heteroatoms. The smallest absolute Gasteiger partial charge is 0.269 e. The molecule has 2 heterocycles. The van der Waals surface area contributed by atoms with Crippen LogP contribution >= 0.6 is 0 Å². The van der Waals surface area contributed by atoms with E-state index in [1.54, 1.807) is 36.4 Å². The van der Waals surface area contributed by atoms with Crippen LogP contribution in [0.5, 0.6) is 0 Å². The third kappa shape index (κ3) is 8.43. The molecule has 0 aliphatic carbocycles. The lowest BCUT2D eigenvalue weighted by Gasteiger charge is -2.44. The topological polar surface area (TPSA) is 117 Å². The number of hydrogen-bond acceptors (Lipinski definition) is 8. The number of carbonyl (C=O) groups excluding carboxylic acids is 1. The fourth-order valence-corrected chi connectivity index (χ4v) is 7.40. The second kappa shape index (κ2) is 17.4. The van der Waals surface area contributed by atoms with Crippen molar-refractivity contribution in [3.8, 4) is 11.1 Å². The minimum Gasteiger partial charge on any atom is -0.392 e. The summed E-state index contributed by atoms with van der Waals surface area (Å²) >= 11 is 0. The molecule has 7 rings (SSSR count). The number of amides is 1. The van der Waals surface area contributed by atoms with E-state index < -0.39 is 51.8 Å². The first-order chi connectivity index (χ1) is 27.9. The van der Waals surface area contributed by atoms with Crippen molar-refractivity contribution in [2.45, 2.75) is 38.6 Å². The number of nitro groups is 1. The lowest BCUT2D eigenvalue weighted by molar-refractivity contribution is -0.384. The van der Waals surface area contributed by atoms with E-state index in [2.05, 4.69) is 22.0 Å². The molecule has 0 aromatic heterocycles. The summed E-state index contributed by atoms with van der Waals surface area (Å²) in [5, 5.41) is 23.0.